The van der Waals surface area contributed by atoms with Crippen molar-refractivity contribution in [3.8, 4) is 0 Å². The molecule has 0 aliphatic rings. The molecule has 0 N–H and O–H groups in total. The second kappa shape index (κ2) is 6.06. The molecule has 4 heteroatoms. The first kappa shape index (κ1) is 13.9. The van der Waals surface area contributed by atoms with E-state index in [1.165, 1.54) is 5.56 Å². The van der Waals surface area contributed by atoms with Crippen LogP contribution >= 0.6 is 11.8 Å². The molecule has 0 radical (unpaired) electrons. The number of benzene rings is 1. The molecular weight excluding hydrogens is 256 g/mol. The van der Waals surface area contributed by atoms with Crippen LogP contribution in [0.5, 0.6) is 0 Å². The lowest BCUT2D eigenvalue weighted by molar-refractivity contribution is -0.116. The zero-order valence-electron chi connectivity index (χ0n) is 11.5. The standard InChI is InChI=1S/C15H18N2OS/c1-11-5-4-6-15(7-11)19-10-14(18)9-13-8-12(2)16-17(13)3/h4-8H,9-10H2,1-3H3. The van der Waals surface area contributed by atoms with Gasteiger partial charge >= 0.3 is 0 Å². The molecule has 0 atom stereocenters. The zero-order chi connectivity index (χ0) is 13.8. The average molecular weight is 274 g/mol. The number of ketones is 1. The largest absolute Gasteiger partial charge is 0.298 e. The summed E-state index contributed by atoms with van der Waals surface area (Å²) >= 11 is 1.60. The van der Waals surface area contributed by atoms with Crippen molar-refractivity contribution in [3.63, 3.8) is 0 Å². The van der Waals surface area contributed by atoms with Gasteiger partial charge in [-0.05, 0) is 32.0 Å². The molecule has 19 heavy (non-hydrogen) atoms. The van der Waals surface area contributed by atoms with Gasteiger partial charge in [0.05, 0.1) is 11.4 Å². The van der Waals surface area contributed by atoms with Gasteiger partial charge in [-0.25, -0.2) is 0 Å². The molecule has 0 spiro atoms. The van der Waals surface area contributed by atoms with Crippen LogP contribution in [0.15, 0.2) is 35.2 Å². The van der Waals surface area contributed by atoms with Crippen molar-refractivity contribution < 1.29 is 4.79 Å². The number of carbonyl (C=O) groups excluding carboxylic acids is 1. The first-order chi connectivity index (χ1) is 9.04. The summed E-state index contributed by atoms with van der Waals surface area (Å²) in [7, 11) is 1.88. The Bertz CT molecular complexity index is 590. The van der Waals surface area contributed by atoms with Gasteiger partial charge in [0, 0.05) is 24.1 Å². The zero-order valence-corrected chi connectivity index (χ0v) is 12.3. The van der Waals surface area contributed by atoms with E-state index in [2.05, 4.69) is 24.2 Å². The first-order valence-corrected chi connectivity index (χ1v) is 7.24. The Hall–Kier alpha value is -1.55. The van der Waals surface area contributed by atoms with Crippen molar-refractivity contribution in [2.75, 3.05) is 5.75 Å². The van der Waals surface area contributed by atoms with Gasteiger partial charge in [0.15, 0.2) is 0 Å². The molecule has 0 saturated carbocycles. The Morgan fingerprint density at radius 1 is 1.32 bits per heavy atom. The SMILES string of the molecule is Cc1cccc(SCC(=O)Cc2cc(C)nn2C)c1. The molecule has 0 bridgehead atoms. The number of hydrogen-bond acceptors (Lipinski definition) is 3. The molecule has 2 rings (SSSR count). The summed E-state index contributed by atoms with van der Waals surface area (Å²) in [5.74, 6) is 0.739. The van der Waals surface area contributed by atoms with Crippen molar-refractivity contribution in [3.05, 3.63) is 47.3 Å². The van der Waals surface area contributed by atoms with Crippen LogP contribution in [-0.4, -0.2) is 21.3 Å². The molecule has 100 valence electrons. The Kier molecular flexibility index (Phi) is 4.43. The van der Waals surface area contributed by atoms with Crippen molar-refractivity contribution >= 4 is 17.5 Å². The minimum Gasteiger partial charge on any atom is -0.298 e. The van der Waals surface area contributed by atoms with Crippen LogP contribution in [0.2, 0.25) is 0 Å². The topological polar surface area (TPSA) is 34.9 Å². The summed E-state index contributed by atoms with van der Waals surface area (Å²) in [6.07, 6.45) is 0.455. The molecule has 3 nitrogen and oxygen atoms in total. The van der Waals surface area contributed by atoms with E-state index < -0.39 is 0 Å². The van der Waals surface area contributed by atoms with Gasteiger partial charge < -0.3 is 0 Å². The highest BCUT2D eigenvalue weighted by Crippen LogP contribution is 2.19. The monoisotopic (exact) mass is 274 g/mol. The average Bonchev–Trinajstić information content (AvgIpc) is 2.65. The molecule has 0 fully saturated rings. The van der Waals surface area contributed by atoms with Gasteiger partial charge in [0.1, 0.15) is 5.78 Å². The fourth-order valence-corrected chi connectivity index (χ4v) is 2.83. The van der Waals surface area contributed by atoms with Crippen LogP contribution in [0.1, 0.15) is 17.0 Å². The summed E-state index contributed by atoms with van der Waals surface area (Å²) in [5, 5.41) is 4.25. The summed E-state index contributed by atoms with van der Waals surface area (Å²) in [4.78, 5) is 13.1. The summed E-state index contributed by atoms with van der Waals surface area (Å²) in [5.41, 5.74) is 3.16. The smallest absolute Gasteiger partial charge is 0.149 e. The Labute approximate surface area is 118 Å². The molecule has 0 aliphatic carbocycles. The highest BCUT2D eigenvalue weighted by molar-refractivity contribution is 8.00. The van der Waals surface area contributed by atoms with Crippen molar-refractivity contribution in [2.24, 2.45) is 7.05 Å². The molecule has 1 aromatic carbocycles. The number of Topliss-reactive ketones (excluding diaryl/α,β-unsaturated/α-hetero) is 1. The van der Waals surface area contributed by atoms with Gasteiger partial charge in [-0.2, -0.15) is 5.10 Å². The predicted octanol–water partition coefficient (Wildman–Crippen LogP) is 2.94. The number of carbonyl (C=O) groups is 1. The van der Waals surface area contributed by atoms with Crippen LogP contribution in [0.3, 0.4) is 0 Å². The third kappa shape index (κ3) is 3.96. The van der Waals surface area contributed by atoms with Gasteiger partial charge in [-0.1, -0.05) is 17.7 Å². The van der Waals surface area contributed by atoms with Crippen LogP contribution in [0.4, 0.5) is 0 Å². The van der Waals surface area contributed by atoms with Gasteiger partial charge in [0.25, 0.3) is 0 Å². The Morgan fingerprint density at radius 2 is 2.11 bits per heavy atom. The second-order valence-electron chi connectivity index (χ2n) is 4.72. The fourth-order valence-electron chi connectivity index (χ4n) is 1.95. The quantitative estimate of drug-likeness (QED) is 0.786. The van der Waals surface area contributed by atoms with Gasteiger partial charge in [-0.3, -0.25) is 9.48 Å². The Balaban J connectivity index is 1.90. The summed E-state index contributed by atoms with van der Waals surface area (Å²) in [6.45, 7) is 4.00. The molecule has 1 aromatic heterocycles. The Morgan fingerprint density at radius 3 is 2.74 bits per heavy atom. The van der Waals surface area contributed by atoms with E-state index in [4.69, 9.17) is 0 Å². The van der Waals surface area contributed by atoms with E-state index in [9.17, 15) is 4.79 Å². The van der Waals surface area contributed by atoms with Crippen LogP contribution in [0, 0.1) is 13.8 Å². The van der Waals surface area contributed by atoms with E-state index in [1.807, 2.05) is 32.2 Å². The summed E-state index contributed by atoms with van der Waals surface area (Å²) in [6, 6.07) is 10.2. The molecule has 2 aromatic rings. The van der Waals surface area contributed by atoms with E-state index in [-0.39, 0.29) is 5.78 Å². The van der Waals surface area contributed by atoms with Crippen LogP contribution < -0.4 is 0 Å². The molecular formula is C15H18N2OS. The molecule has 0 aliphatic heterocycles. The number of aromatic nitrogens is 2. The van der Waals surface area contributed by atoms with Crippen molar-refractivity contribution in [2.45, 2.75) is 25.2 Å². The van der Waals surface area contributed by atoms with Crippen LogP contribution in [-0.2, 0) is 18.3 Å². The fraction of sp³-hybridized carbons (Fsp3) is 0.333. The first-order valence-electron chi connectivity index (χ1n) is 6.25. The van der Waals surface area contributed by atoms with E-state index >= 15 is 0 Å². The minimum absolute atomic E-state index is 0.231. The van der Waals surface area contributed by atoms with E-state index in [0.29, 0.717) is 12.2 Å². The molecule has 0 amide bonds. The molecule has 0 unspecified atom stereocenters. The number of hydrogen-bond donors (Lipinski definition) is 0. The lowest BCUT2D eigenvalue weighted by Gasteiger charge is -2.03. The highest BCUT2D eigenvalue weighted by Gasteiger charge is 2.09. The normalized spacial score (nSPS) is 10.7. The number of aryl methyl sites for hydroxylation is 3. The molecule has 0 saturated heterocycles. The van der Waals surface area contributed by atoms with Crippen LogP contribution in [0.25, 0.3) is 0 Å². The maximum absolute atomic E-state index is 12.0. The lowest BCUT2D eigenvalue weighted by atomic mass is 10.2. The highest BCUT2D eigenvalue weighted by atomic mass is 32.2. The maximum Gasteiger partial charge on any atom is 0.149 e. The second-order valence-corrected chi connectivity index (χ2v) is 5.77. The number of rotatable bonds is 5. The van der Waals surface area contributed by atoms with Crippen molar-refractivity contribution in [1.82, 2.24) is 9.78 Å². The summed E-state index contributed by atoms with van der Waals surface area (Å²) < 4.78 is 1.78. The van der Waals surface area contributed by atoms with Gasteiger partial charge in [0.2, 0.25) is 0 Å². The lowest BCUT2D eigenvalue weighted by Crippen LogP contribution is -2.09. The molecule has 1 heterocycles. The van der Waals surface area contributed by atoms with E-state index in [0.717, 1.165) is 16.3 Å². The third-order valence-electron chi connectivity index (χ3n) is 2.87. The maximum atomic E-state index is 12.0. The number of nitrogens with zero attached hydrogens (tertiary/aromatic N) is 2. The minimum atomic E-state index is 0.231. The van der Waals surface area contributed by atoms with Crippen molar-refractivity contribution in [1.29, 1.82) is 0 Å². The number of thioether (sulfide) groups is 1. The predicted molar refractivity (Wildman–Crippen MR) is 78.6 cm³/mol. The van der Waals surface area contributed by atoms with Gasteiger partial charge in [-0.15, -0.1) is 11.8 Å². The van der Waals surface area contributed by atoms with E-state index in [1.54, 1.807) is 16.4 Å². The third-order valence-corrected chi connectivity index (χ3v) is 3.92.